The van der Waals surface area contributed by atoms with E-state index in [4.69, 9.17) is 0 Å². The molecule has 2 N–H and O–H groups in total. The fourth-order valence-corrected chi connectivity index (χ4v) is 3.09. The average Bonchev–Trinajstić information content (AvgIpc) is 2.69. The number of hydrogen-bond acceptors (Lipinski definition) is 3. The maximum absolute atomic E-state index is 13.2. The lowest BCUT2D eigenvalue weighted by Crippen LogP contribution is -2.53. The molecule has 3 rings (SSSR count). The zero-order chi connectivity index (χ0) is 19.9. The summed E-state index contributed by atoms with van der Waals surface area (Å²) >= 11 is 0. The van der Waals surface area contributed by atoms with Gasteiger partial charge in [0.2, 0.25) is 5.91 Å². The second kappa shape index (κ2) is 9.16. The molecule has 0 radical (unpaired) electrons. The Labute approximate surface area is 162 Å². The van der Waals surface area contributed by atoms with Crippen LogP contribution in [0.2, 0.25) is 0 Å². The highest BCUT2D eigenvalue weighted by atomic mass is 19.1. The van der Waals surface area contributed by atoms with Gasteiger partial charge in [0, 0.05) is 44.6 Å². The van der Waals surface area contributed by atoms with Crippen molar-refractivity contribution in [1.82, 2.24) is 10.2 Å². The number of piperazine rings is 1. The third-order valence-corrected chi connectivity index (χ3v) is 4.50. The number of aliphatic imine (C=N–C) groups is 1. The summed E-state index contributed by atoms with van der Waals surface area (Å²) in [5.74, 6) is -0.297. The molecular formula is C20H23F2N5O. The smallest absolute Gasteiger partial charge is 0.243 e. The molecule has 0 bridgehead atoms. The molecule has 0 aliphatic carbocycles. The molecule has 0 saturated carbocycles. The summed E-state index contributed by atoms with van der Waals surface area (Å²) in [6.07, 6.45) is 0. The molecular weight excluding hydrogens is 364 g/mol. The highest BCUT2D eigenvalue weighted by Gasteiger charge is 2.20. The van der Waals surface area contributed by atoms with Crippen LogP contribution in [0.3, 0.4) is 0 Å². The van der Waals surface area contributed by atoms with Crippen LogP contribution in [0.15, 0.2) is 53.5 Å². The molecule has 0 aromatic heterocycles. The van der Waals surface area contributed by atoms with Crippen molar-refractivity contribution in [3.63, 3.8) is 0 Å². The number of nitrogens with zero attached hydrogens (tertiary/aromatic N) is 3. The zero-order valence-corrected chi connectivity index (χ0v) is 15.7. The van der Waals surface area contributed by atoms with Crippen LogP contribution in [-0.4, -0.2) is 56.5 Å². The summed E-state index contributed by atoms with van der Waals surface area (Å²) in [5.41, 5.74) is 1.40. The van der Waals surface area contributed by atoms with Gasteiger partial charge in [-0.3, -0.25) is 9.79 Å². The van der Waals surface area contributed by atoms with Crippen LogP contribution in [0.1, 0.15) is 0 Å². The Balaban J connectivity index is 1.48. The van der Waals surface area contributed by atoms with Crippen molar-refractivity contribution in [3.05, 3.63) is 60.2 Å². The molecule has 1 amide bonds. The van der Waals surface area contributed by atoms with E-state index in [0.29, 0.717) is 11.6 Å². The number of carbonyl (C=O) groups excluding carboxylic acids is 1. The number of rotatable bonds is 4. The third kappa shape index (κ3) is 5.18. The minimum Gasteiger partial charge on any atom is -0.368 e. The molecule has 0 spiro atoms. The first-order valence-electron chi connectivity index (χ1n) is 9.06. The molecule has 0 atom stereocenters. The highest BCUT2D eigenvalue weighted by Crippen LogP contribution is 2.17. The van der Waals surface area contributed by atoms with Gasteiger partial charge < -0.3 is 20.4 Å². The van der Waals surface area contributed by atoms with Crippen LogP contribution in [0.4, 0.5) is 20.2 Å². The first-order valence-corrected chi connectivity index (χ1v) is 9.06. The van der Waals surface area contributed by atoms with Crippen LogP contribution in [0.25, 0.3) is 0 Å². The van der Waals surface area contributed by atoms with Crippen molar-refractivity contribution in [2.24, 2.45) is 4.99 Å². The Morgan fingerprint density at radius 2 is 1.75 bits per heavy atom. The van der Waals surface area contributed by atoms with E-state index in [2.05, 4.69) is 25.4 Å². The van der Waals surface area contributed by atoms with E-state index in [0.717, 1.165) is 31.9 Å². The van der Waals surface area contributed by atoms with Crippen molar-refractivity contribution >= 4 is 23.2 Å². The highest BCUT2D eigenvalue weighted by molar-refractivity contribution is 5.95. The number of nitrogens with one attached hydrogen (secondary N) is 2. The summed E-state index contributed by atoms with van der Waals surface area (Å²) in [6.45, 7) is 3.01. The molecule has 1 fully saturated rings. The fraction of sp³-hybridized carbons (Fsp3) is 0.300. The normalized spacial score (nSPS) is 14.8. The van der Waals surface area contributed by atoms with Crippen LogP contribution < -0.4 is 15.5 Å². The van der Waals surface area contributed by atoms with Crippen molar-refractivity contribution in [1.29, 1.82) is 0 Å². The van der Waals surface area contributed by atoms with Gasteiger partial charge in [-0.2, -0.15) is 0 Å². The van der Waals surface area contributed by atoms with Crippen LogP contribution in [0, 0.1) is 11.6 Å². The Hall–Kier alpha value is -3.16. The van der Waals surface area contributed by atoms with E-state index in [-0.39, 0.29) is 18.3 Å². The molecule has 1 aliphatic heterocycles. The van der Waals surface area contributed by atoms with Gasteiger partial charge in [-0.05, 0) is 42.5 Å². The van der Waals surface area contributed by atoms with E-state index in [1.165, 1.54) is 30.3 Å². The van der Waals surface area contributed by atoms with Crippen molar-refractivity contribution < 1.29 is 13.6 Å². The predicted octanol–water partition coefficient (Wildman–Crippen LogP) is 2.30. The minimum atomic E-state index is -0.402. The summed E-state index contributed by atoms with van der Waals surface area (Å²) in [5, 5.41) is 5.68. The first kappa shape index (κ1) is 19.6. The van der Waals surface area contributed by atoms with Gasteiger partial charge in [-0.15, -0.1) is 0 Å². The molecule has 1 saturated heterocycles. The van der Waals surface area contributed by atoms with Gasteiger partial charge in [-0.25, -0.2) is 8.78 Å². The topological polar surface area (TPSA) is 60.0 Å². The zero-order valence-electron chi connectivity index (χ0n) is 15.7. The van der Waals surface area contributed by atoms with Crippen molar-refractivity contribution in [2.75, 3.05) is 50.0 Å². The number of anilines is 2. The van der Waals surface area contributed by atoms with Crippen molar-refractivity contribution in [3.8, 4) is 0 Å². The van der Waals surface area contributed by atoms with Gasteiger partial charge in [0.1, 0.15) is 11.6 Å². The first-order chi connectivity index (χ1) is 13.5. The molecule has 1 aliphatic rings. The predicted molar refractivity (Wildman–Crippen MR) is 107 cm³/mol. The molecule has 6 nitrogen and oxygen atoms in total. The molecule has 148 valence electrons. The summed E-state index contributed by atoms with van der Waals surface area (Å²) in [7, 11) is 1.67. The van der Waals surface area contributed by atoms with E-state index in [1.807, 2.05) is 0 Å². The fourth-order valence-electron chi connectivity index (χ4n) is 3.09. The molecule has 2 aromatic carbocycles. The van der Waals surface area contributed by atoms with Crippen LogP contribution >= 0.6 is 0 Å². The number of halogens is 2. The average molecular weight is 387 g/mol. The summed E-state index contributed by atoms with van der Waals surface area (Å²) in [6, 6.07) is 12.2. The molecule has 28 heavy (non-hydrogen) atoms. The van der Waals surface area contributed by atoms with Gasteiger partial charge in [0.15, 0.2) is 5.96 Å². The maximum Gasteiger partial charge on any atom is 0.243 e. The molecule has 1 heterocycles. The lowest BCUT2D eigenvalue weighted by Gasteiger charge is -2.37. The molecule has 0 unspecified atom stereocenters. The summed E-state index contributed by atoms with van der Waals surface area (Å²) in [4.78, 5) is 20.6. The summed E-state index contributed by atoms with van der Waals surface area (Å²) < 4.78 is 26.3. The van der Waals surface area contributed by atoms with E-state index in [1.54, 1.807) is 25.2 Å². The van der Waals surface area contributed by atoms with Crippen LogP contribution in [-0.2, 0) is 4.79 Å². The van der Waals surface area contributed by atoms with Gasteiger partial charge in [-0.1, -0.05) is 6.07 Å². The van der Waals surface area contributed by atoms with Gasteiger partial charge >= 0.3 is 0 Å². The largest absolute Gasteiger partial charge is 0.368 e. The number of hydrogen-bond donors (Lipinski definition) is 2. The third-order valence-electron chi connectivity index (χ3n) is 4.50. The van der Waals surface area contributed by atoms with Gasteiger partial charge in [0.05, 0.1) is 6.54 Å². The second-order valence-electron chi connectivity index (χ2n) is 6.41. The standard InChI is InChI=1S/C20H23F2N5O/c1-23-20(24-14-19(28)25-17-4-2-3-16(22)13-17)27-11-9-26(10-12-27)18-7-5-15(21)6-8-18/h2-8,13H,9-12,14H2,1H3,(H,23,24)(H,25,28). The monoisotopic (exact) mass is 387 g/mol. The maximum atomic E-state index is 13.2. The SMILES string of the molecule is CN=C(NCC(=O)Nc1cccc(F)c1)N1CCN(c2ccc(F)cc2)CC1. The number of amides is 1. The number of benzene rings is 2. The Kier molecular flexibility index (Phi) is 6.41. The van der Waals surface area contributed by atoms with Crippen LogP contribution in [0.5, 0.6) is 0 Å². The Morgan fingerprint density at radius 1 is 1.04 bits per heavy atom. The van der Waals surface area contributed by atoms with E-state index < -0.39 is 5.82 Å². The van der Waals surface area contributed by atoms with Crippen molar-refractivity contribution in [2.45, 2.75) is 0 Å². The Bertz CT molecular complexity index is 833. The quantitative estimate of drug-likeness (QED) is 0.624. The van der Waals surface area contributed by atoms with E-state index >= 15 is 0 Å². The lowest BCUT2D eigenvalue weighted by atomic mass is 10.2. The minimum absolute atomic E-state index is 0.0291. The number of guanidine groups is 1. The van der Waals surface area contributed by atoms with E-state index in [9.17, 15) is 13.6 Å². The molecule has 2 aromatic rings. The lowest BCUT2D eigenvalue weighted by molar-refractivity contribution is -0.115. The van der Waals surface area contributed by atoms with Gasteiger partial charge in [0.25, 0.3) is 0 Å². The molecule has 8 heteroatoms. The second-order valence-corrected chi connectivity index (χ2v) is 6.41. The Morgan fingerprint density at radius 3 is 2.39 bits per heavy atom. The number of carbonyl (C=O) groups is 1.